The van der Waals surface area contributed by atoms with Gasteiger partial charge in [-0.25, -0.2) is 16.8 Å². The average Bonchev–Trinajstić information content (AvgIpc) is 2.60. The van der Waals surface area contributed by atoms with Crippen molar-refractivity contribution in [1.29, 1.82) is 0 Å². The monoisotopic (exact) mass is 471 g/mol. The number of hydrogen-bond acceptors (Lipinski definition) is 5. The molecule has 0 unspecified atom stereocenters. The molecule has 0 amide bonds. The maximum absolute atomic E-state index is 13.1. The van der Waals surface area contributed by atoms with Crippen LogP contribution in [0.1, 0.15) is 6.42 Å². The molecular weight excluding hydrogens is 457 g/mol. The van der Waals surface area contributed by atoms with Gasteiger partial charge in [0.2, 0.25) is 0 Å². The molecule has 0 saturated carbocycles. The normalized spacial score (nSPS) is 12.5. The lowest BCUT2D eigenvalue weighted by Gasteiger charge is -2.22. The van der Waals surface area contributed by atoms with E-state index >= 15 is 0 Å². The number of benzene rings is 2. The summed E-state index contributed by atoms with van der Waals surface area (Å²) in [6, 6.07) is 8.96. The van der Waals surface area contributed by atoms with Gasteiger partial charge in [-0.1, -0.05) is 44.6 Å². The Morgan fingerprint density at radius 3 is 2.07 bits per heavy atom. The minimum Gasteiger partial charge on any atom is -0.385 e. The number of sulfonamides is 2. The molecule has 0 bridgehead atoms. The summed E-state index contributed by atoms with van der Waals surface area (Å²) < 4.78 is 57.5. The molecule has 0 aliphatic rings. The Hall–Kier alpha value is -0.870. The molecule has 0 N–H and O–H groups in total. The van der Waals surface area contributed by atoms with E-state index < -0.39 is 20.0 Å². The summed E-state index contributed by atoms with van der Waals surface area (Å²) in [6.07, 6.45) is 0.164. The number of rotatable bonds is 8. The van der Waals surface area contributed by atoms with Crippen LogP contribution in [-0.2, 0) is 24.8 Å². The van der Waals surface area contributed by atoms with Crippen LogP contribution >= 0.6 is 34.8 Å². The molecule has 27 heavy (non-hydrogen) atoms. The van der Waals surface area contributed by atoms with Crippen molar-refractivity contribution in [3.05, 3.63) is 57.5 Å². The molecular formula is C16H16Cl3NO5S2. The van der Waals surface area contributed by atoms with E-state index in [4.69, 9.17) is 39.5 Å². The second-order valence-corrected chi connectivity index (χ2v) is 10.6. The van der Waals surface area contributed by atoms with Gasteiger partial charge in [0.15, 0.2) is 0 Å². The largest absolute Gasteiger partial charge is 0.385 e. The third kappa shape index (κ3) is 5.14. The first-order chi connectivity index (χ1) is 12.6. The van der Waals surface area contributed by atoms with Crippen molar-refractivity contribution < 1.29 is 21.6 Å². The van der Waals surface area contributed by atoms with Crippen molar-refractivity contribution in [2.24, 2.45) is 0 Å². The van der Waals surface area contributed by atoms with Gasteiger partial charge < -0.3 is 4.74 Å². The smallest absolute Gasteiger partial charge is 0.256 e. The molecule has 2 rings (SSSR count). The van der Waals surface area contributed by atoms with Crippen molar-refractivity contribution >= 4 is 54.8 Å². The van der Waals surface area contributed by atoms with Gasteiger partial charge in [0, 0.05) is 25.3 Å². The fourth-order valence-corrected chi connectivity index (χ4v) is 6.62. The van der Waals surface area contributed by atoms with Crippen LogP contribution < -0.4 is 0 Å². The Labute approximate surface area is 173 Å². The van der Waals surface area contributed by atoms with Crippen molar-refractivity contribution in [2.75, 3.05) is 20.3 Å². The van der Waals surface area contributed by atoms with Crippen LogP contribution in [0.15, 0.2) is 52.3 Å². The summed E-state index contributed by atoms with van der Waals surface area (Å²) in [6.45, 7) is -0.135. The number of nitrogens with zero attached hydrogens (tertiary/aromatic N) is 1. The van der Waals surface area contributed by atoms with Gasteiger partial charge >= 0.3 is 0 Å². The van der Waals surface area contributed by atoms with Crippen molar-refractivity contribution in [1.82, 2.24) is 3.71 Å². The lowest BCUT2D eigenvalue weighted by molar-refractivity contribution is 0.192. The molecule has 11 heteroatoms. The van der Waals surface area contributed by atoms with Gasteiger partial charge in [-0.05, 0) is 42.8 Å². The van der Waals surface area contributed by atoms with E-state index in [-0.39, 0.29) is 44.4 Å². The average molecular weight is 473 g/mol. The van der Waals surface area contributed by atoms with E-state index in [1.165, 1.54) is 43.5 Å². The Balaban J connectivity index is 2.57. The highest BCUT2D eigenvalue weighted by molar-refractivity contribution is 8.04. The molecule has 0 saturated heterocycles. The minimum absolute atomic E-state index is 0.00487. The van der Waals surface area contributed by atoms with Crippen molar-refractivity contribution in [2.45, 2.75) is 16.2 Å². The summed E-state index contributed by atoms with van der Waals surface area (Å²) in [5.41, 5.74) is 0. The topological polar surface area (TPSA) is 80.8 Å². The highest BCUT2D eigenvalue weighted by Gasteiger charge is 2.36. The fraction of sp³-hybridized carbons (Fsp3) is 0.250. The summed E-state index contributed by atoms with van der Waals surface area (Å²) in [4.78, 5) is -0.532. The molecule has 0 radical (unpaired) electrons. The first kappa shape index (κ1) is 22.4. The lowest BCUT2D eigenvalue weighted by Crippen LogP contribution is -2.38. The molecule has 0 aliphatic heterocycles. The molecule has 0 heterocycles. The molecule has 2 aromatic rings. The second-order valence-electron chi connectivity index (χ2n) is 5.39. The molecule has 148 valence electrons. The van der Waals surface area contributed by atoms with E-state index in [2.05, 4.69) is 0 Å². The highest BCUT2D eigenvalue weighted by atomic mass is 35.5. The lowest BCUT2D eigenvalue weighted by atomic mass is 10.4. The number of methoxy groups -OCH3 is 1. The quantitative estimate of drug-likeness (QED) is 0.541. The summed E-state index contributed by atoms with van der Waals surface area (Å²) in [7, 11) is -7.41. The summed E-state index contributed by atoms with van der Waals surface area (Å²) in [5.74, 6) is 0. The van der Waals surface area contributed by atoms with Gasteiger partial charge in [-0.3, -0.25) is 0 Å². The maximum atomic E-state index is 13.1. The fourth-order valence-electron chi connectivity index (χ4n) is 2.21. The van der Waals surface area contributed by atoms with Crippen LogP contribution in [0.2, 0.25) is 15.1 Å². The van der Waals surface area contributed by atoms with Gasteiger partial charge in [0.25, 0.3) is 20.0 Å². The molecule has 0 spiro atoms. The molecule has 0 aliphatic carbocycles. The third-order valence-electron chi connectivity index (χ3n) is 3.51. The number of ether oxygens (including phenoxy) is 1. The standard InChI is InChI=1S/C16H16Cl3NO5S2/c1-25-9-3-8-20(26(21,22)13-5-2-4-12(17)10-13)27(23,24)14-6-7-15(18)16(19)11-14/h2,4-7,10-11H,3,8-9H2,1H3. The van der Waals surface area contributed by atoms with E-state index in [1.807, 2.05) is 0 Å². The van der Waals surface area contributed by atoms with E-state index in [0.717, 1.165) is 6.07 Å². The summed E-state index contributed by atoms with van der Waals surface area (Å²) in [5, 5.41) is 0.314. The van der Waals surface area contributed by atoms with Gasteiger partial charge in [0.1, 0.15) is 0 Å². The van der Waals surface area contributed by atoms with Crippen LogP contribution in [-0.4, -0.2) is 40.8 Å². The molecule has 0 atom stereocenters. The predicted octanol–water partition coefficient (Wildman–Crippen LogP) is 4.06. The van der Waals surface area contributed by atoms with Gasteiger partial charge in [-0.2, -0.15) is 0 Å². The van der Waals surface area contributed by atoms with Crippen LogP contribution in [0.3, 0.4) is 0 Å². The maximum Gasteiger partial charge on any atom is 0.256 e. The zero-order chi connectivity index (χ0) is 20.2. The minimum atomic E-state index is -4.44. The molecule has 0 fully saturated rings. The molecule has 6 nitrogen and oxygen atoms in total. The van der Waals surface area contributed by atoms with Crippen LogP contribution in [0.5, 0.6) is 0 Å². The van der Waals surface area contributed by atoms with E-state index in [9.17, 15) is 16.8 Å². The zero-order valence-electron chi connectivity index (χ0n) is 14.1. The Bertz CT molecular complexity index is 1030. The van der Waals surface area contributed by atoms with E-state index in [1.54, 1.807) is 0 Å². The SMILES string of the molecule is COCCCN(S(=O)(=O)c1cccc(Cl)c1)S(=O)(=O)c1ccc(Cl)c(Cl)c1. The first-order valence-corrected chi connectivity index (χ1v) is 11.6. The van der Waals surface area contributed by atoms with Crippen molar-refractivity contribution in [3.8, 4) is 0 Å². The van der Waals surface area contributed by atoms with Crippen molar-refractivity contribution in [3.63, 3.8) is 0 Å². The Morgan fingerprint density at radius 1 is 0.889 bits per heavy atom. The van der Waals surface area contributed by atoms with Crippen LogP contribution in [0.25, 0.3) is 0 Å². The van der Waals surface area contributed by atoms with Crippen LogP contribution in [0, 0.1) is 0 Å². The van der Waals surface area contributed by atoms with Gasteiger partial charge in [0.05, 0.1) is 19.8 Å². The number of halogens is 3. The highest BCUT2D eigenvalue weighted by Crippen LogP contribution is 2.30. The summed E-state index contributed by atoms with van der Waals surface area (Å²) >= 11 is 17.6. The Morgan fingerprint density at radius 2 is 1.52 bits per heavy atom. The second kappa shape index (κ2) is 9.09. The third-order valence-corrected chi connectivity index (χ3v) is 8.80. The van der Waals surface area contributed by atoms with Crippen LogP contribution in [0.4, 0.5) is 0 Å². The number of hydrogen-bond donors (Lipinski definition) is 0. The zero-order valence-corrected chi connectivity index (χ0v) is 18.0. The predicted molar refractivity (Wildman–Crippen MR) is 105 cm³/mol. The Kier molecular flexibility index (Phi) is 7.54. The first-order valence-electron chi connectivity index (χ1n) is 7.58. The van der Waals surface area contributed by atoms with E-state index in [0.29, 0.717) is 3.71 Å². The molecule has 0 aromatic heterocycles. The molecule has 2 aromatic carbocycles. The van der Waals surface area contributed by atoms with Gasteiger partial charge in [-0.15, -0.1) is 0 Å².